The van der Waals surface area contributed by atoms with Crippen LogP contribution in [0.15, 0.2) is 67.2 Å². The first-order chi connectivity index (χ1) is 15.3. The standard InChI is InChI=1S/C20H15F3N4O5/c21-20(22,23)14-5-3-13(4-6-14)17-24-16(26-31-17)9-10-30-15-7-1-12(2-8-15)11-27-18(28)25-19(29)32-27/h1-8H,9-11H2,(H,25,28,29). The molecule has 0 aliphatic heterocycles. The molecule has 0 bridgehead atoms. The monoisotopic (exact) mass is 448 g/mol. The fourth-order valence-corrected chi connectivity index (χ4v) is 2.81. The third kappa shape index (κ3) is 4.96. The van der Waals surface area contributed by atoms with Gasteiger partial charge in [0.1, 0.15) is 5.75 Å². The van der Waals surface area contributed by atoms with Gasteiger partial charge >= 0.3 is 17.6 Å². The zero-order valence-electron chi connectivity index (χ0n) is 16.3. The fraction of sp³-hybridized carbons (Fsp3) is 0.200. The van der Waals surface area contributed by atoms with Gasteiger partial charge in [-0.1, -0.05) is 17.3 Å². The van der Waals surface area contributed by atoms with Crippen LogP contribution in [0.25, 0.3) is 11.5 Å². The maximum Gasteiger partial charge on any atom is 0.440 e. The molecule has 0 aliphatic carbocycles. The minimum atomic E-state index is -4.41. The molecule has 2 heterocycles. The number of benzene rings is 2. The summed E-state index contributed by atoms with van der Waals surface area (Å²) >= 11 is 0. The van der Waals surface area contributed by atoms with E-state index in [1.807, 2.05) is 4.98 Å². The molecule has 32 heavy (non-hydrogen) atoms. The molecule has 9 nitrogen and oxygen atoms in total. The minimum Gasteiger partial charge on any atom is -0.493 e. The summed E-state index contributed by atoms with van der Waals surface area (Å²) in [4.78, 5) is 28.6. The lowest BCUT2D eigenvalue weighted by Crippen LogP contribution is -2.17. The highest BCUT2D eigenvalue weighted by molar-refractivity contribution is 5.53. The Balaban J connectivity index is 1.30. The van der Waals surface area contributed by atoms with E-state index in [-0.39, 0.29) is 19.0 Å². The van der Waals surface area contributed by atoms with Crippen molar-refractivity contribution in [1.29, 1.82) is 0 Å². The summed E-state index contributed by atoms with van der Waals surface area (Å²) in [5, 5.41) is 3.81. The molecule has 12 heteroatoms. The highest BCUT2D eigenvalue weighted by Gasteiger charge is 2.30. The fourth-order valence-electron chi connectivity index (χ4n) is 2.81. The van der Waals surface area contributed by atoms with Gasteiger partial charge in [0.2, 0.25) is 0 Å². The molecule has 0 spiro atoms. The summed E-state index contributed by atoms with van der Waals surface area (Å²) in [6, 6.07) is 11.2. The topological polar surface area (TPSA) is 116 Å². The van der Waals surface area contributed by atoms with E-state index in [2.05, 4.69) is 10.1 Å². The summed E-state index contributed by atoms with van der Waals surface area (Å²) in [7, 11) is 0. The molecular weight excluding hydrogens is 433 g/mol. The van der Waals surface area contributed by atoms with Gasteiger partial charge in [-0.2, -0.15) is 18.2 Å². The Kier molecular flexibility index (Phi) is 5.67. The van der Waals surface area contributed by atoms with Gasteiger partial charge in [-0.25, -0.2) is 14.6 Å². The lowest BCUT2D eigenvalue weighted by Gasteiger charge is -2.06. The quantitative estimate of drug-likeness (QED) is 0.462. The summed E-state index contributed by atoms with van der Waals surface area (Å²) in [5.41, 5.74) is -0.289. The van der Waals surface area contributed by atoms with Crippen molar-refractivity contribution >= 4 is 0 Å². The van der Waals surface area contributed by atoms with Crippen LogP contribution in [0.4, 0.5) is 13.2 Å². The van der Waals surface area contributed by atoms with Crippen LogP contribution in [-0.2, 0) is 19.1 Å². The Morgan fingerprint density at radius 3 is 2.38 bits per heavy atom. The number of aromatic amines is 1. The Hall–Kier alpha value is -4.09. The predicted octanol–water partition coefficient (Wildman–Crippen LogP) is 2.87. The van der Waals surface area contributed by atoms with Gasteiger partial charge < -0.3 is 13.8 Å². The summed E-state index contributed by atoms with van der Waals surface area (Å²) < 4.78 is 54.3. The first-order valence-corrected chi connectivity index (χ1v) is 9.30. The van der Waals surface area contributed by atoms with Gasteiger partial charge in [0.15, 0.2) is 5.82 Å². The maximum absolute atomic E-state index is 12.6. The summed E-state index contributed by atoms with van der Waals surface area (Å²) in [5.74, 6) is 0.198. The van der Waals surface area contributed by atoms with Crippen molar-refractivity contribution < 1.29 is 27.0 Å². The van der Waals surface area contributed by atoms with Crippen molar-refractivity contribution in [3.8, 4) is 17.2 Å². The largest absolute Gasteiger partial charge is 0.493 e. The van der Waals surface area contributed by atoms with Crippen molar-refractivity contribution in [2.75, 3.05) is 6.61 Å². The lowest BCUT2D eigenvalue weighted by atomic mass is 10.1. The molecule has 0 saturated heterocycles. The van der Waals surface area contributed by atoms with Gasteiger partial charge in [0.25, 0.3) is 5.89 Å². The second kappa shape index (κ2) is 8.57. The van der Waals surface area contributed by atoms with Crippen LogP contribution in [0.2, 0.25) is 0 Å². The number of hydrogen-bond donors (Lipinski definition) is 1. The van der Waals surface area contributed by atoms with Crippen molar-refractivity contribution in [1.82, 2.24) is 19.9 Å². The van der Waals surface area contributed by atoms with E-state index in [1.54, 1.807) is 24.3 Å². The lowest BCUT2D eigenvalue weighted by molar-refractivity contribution is -0.137. The SMILES string of the molecule is O=c1[nH]c(=O)n(Cc2ccc(OCCc3noc(-c4ccc(C(F)(F)F)cc4)n3)cc2)o1. The zero-order valence-corrected chi connectivity index (χ0v) is 16.3. The van der Waals surface area contributed by atoms with Crippen molar-refractivity contribution in [2.45, 2.75) is 19.1 Å². The number of hydrogen-bond acceptors (Lipinski definition) is 7. The third-order valence-corrected chi connectivity index (χ3v) is 4.40. The Labute approximate surface area is 177 Å². The number of ether oxygens (including phenoxy) is 1. The molecular formula is C20H15F3N4O5. The average Bonchev–Trinajstić information content (AvgIpc) is 3.35. The Bertz CT molecular complexity index is 1300. The van der Waals surface area contributed by atoms with Gasteiger partial charge in [0, 0.05) is 12.0 Å². The molecule has 0 radical (unpaired) electrons. The smallest absolute Gasteiger partial charge is 0.440 e. The van der Waals surface area contributed by atoms with Crippen LogP contribution < -0.4 is 16.2 Å². The van der Waals surface area contributed by atoms with Crippen molar-refractivity contribution in [3.63, 3.8) is 0 Å². The van der Waals surface area contributed by atoms with Crippen molar-refractivity contribution in [2.24, 2.45) is 0 Å². The first-order valence-electron chi connectivity index (χ1n) is 9.30. The molecule has 0 amide bonds. The number of nitrogens with zero attached hydrogens (tertiary/aromatic N) is 3. The number of aromatic nitrogens is 4. The molecule has 0 saturated carbocycles. The number of halogens is 3. The van der Waals surface area contributed by atoms with E-state index in [0.717, 1.165) is 22.4 Å². The van der Waals surface area contributed by atoms with Gasteiger partial charge in [-0.3, -0.25) is 0 Å². The highest BCUT2D eigenvalue weighted by atomic mass is 19.4. The molecule has 166 valence electrons. The number of rotatable bonds is 7. The van der Waals surface area contributed by atoms with Crippen molar-refractivity contribution in [3.05, 3.63) is 86.5 Å². The van der Waals surface area contributed by atoms with Crippen LogP contribution in [0, 0.1) is 0 Å². The average molecular weight is 448 g/mol. The Morgan fingerprint density at radius 2 is 1.75 bits per heavy atom. The second-order valence-electron chi connectivity index (χ2n) is 6.68. The van der Waals surface area contributed by atoms with Crippen LogP contribution >= 0.6 is 0 Å². The summed E-state index contributed by atoms with van der Waals surface area (Å²) in [6.45, 7) is 0.324. The predicted molar refractivity (Wildman–Crippen MR) is 103 cm³/mol. The molecule has 4 rings (SSSR count). The van der Waals surface area contributed by atoms with Crippen LogP contribution in [0.3, 0.4) is 0 Å². The summed E-state index contributed by atoms with van der Waals surface area (Å²) in [6.07, 6.45) is -4.10. The molecule has 0 aliphatic rings. The van der Waals surface area contributed by atoms with E-state index in [1.165, 1.54) is 12.1 Å². The molecule has 2 aromatic carbocycles. The highest BCUT2D eigenvalue weighted by Crippen LogP contribution is 2.30. The first kappa shape index (κ1) is 21.2. The number of H-pyrrole nitrogens is 1. The molecule has 1 N–H and O–H groups in total. The molecule has 0 fully saturated rings. The molecule has 0 atom stereocenters. The van der Waals surface area contributed by atoms with E-state index in [4.69, 9.17) is 13.8 Å². The van der Waals surface area contributed by atoms with Crippen LogP contribution in [-0.4, -0.2) is 26.5 Å². The van der Waals surface area contributed by atoms with Gasteiger partial charge in [-0.05, 0) is 42.0 Å². The van der Waals surface area contributed by atoms with E-state index < -0.39 is 23.2 Å². The minimum absolute atomic E-state index is 0.0907. The zero-order chi connectivity index (χ0) is 22.7. The normalized spacial score (nSPS) is 11.6. The molecule has 0 unspecified atom stereocenters. The Morgan fingerprint density at radius 1 is 1.03 bits per heavy atom. The maximum atomic E-state index is 12.6. The second-order valence-corrected chi connectivity index (χ2v) is 6.68. The van der Waals surface area contributed by atoms with Crippen LogP contribution in [0.1, 0.15) is 17.0 Å². The van der Waals surface area contributed by atoms with E-state index >= 15 is 0 Å². The third-order valence-electron chi connectivity index (χ3n) is 4.40. The van der Waals surface area contributed by atoms with Gasteiger partial charge in [0.05, 0.1) is 18.7 Å². The van der Waals surface area contributed by atoms with E-state index in [9.17, 15) is 22.8 Å². The number of alkyl halides is 3. The van der Waals surface area contributed by atoms with Crippen LogP contribution in [0.5, 0.6) is 5.75 Å². The molecule has 4 aromatic rings. The van der Waals surface area contributed by atoms with Gasteiger partial charge in [-0.15, -0.1) is 4.74 Å². The molecule has 2 aromatic heterocycles. The van der Waals surface area contributed by atoms with E-state index in [0.29, 0.717) is 23.6 Å². The number of nitrogens with one attached hydrogen (secondary N) is 1.